The molecule has 6 heteroatoms. The van der Waals surface area contributed by atoms with Crippen LogP contribution in [-0.4, -0.2) is 54.0 Å². The molecular weight excluding hydrogens is 242 g/mol. The topological polar surface area (TPSA) is 61.4 Å². The Hall–Kier alpha value is -1.85. The van der Waals surface area contributed by atoms with E-state index in [4.69, 9.17) is 0 Å². The van der Waals surface area contributed by atoms with Crippen LogP contribution in [0, 0.1) is 6.92 Å². The van der Waals surface area contributed by atoms with Crippen molar-refractivity contribution in [1.82, 2.24) is 14.9 Å². The quantitative estimate of drug-likeness (QED) is 0.874. The highest BCUT2D eigenvalue weighted by atomic mass is 16.2. The van der Waals surface area contributed by atoms with Crippen molar-refractivity contribution < 1.29 is 4.79 Å². The van der Waals surface area contributed by atoms with Crippen LogP contribution < -0.4 is 10.2 Å². The number of hydrogen-bond acceptors (Lipinski definition) is 5. The minimum Gasteiger partial charge on any atom is -0.370 e. The lowest BCUT2D eigenvalue weighted by molar-refractivity contribution is -0.129. The molecule has 0 atom stereocenters. The number of likely N-dealkylation sites (N-methyl/N-ethyl adjacent to an activating group) is 1. The molecule has 2 heterocycles. The van der Waals surface area contributed by atoms with Gasteiger partial charge >= 0.3 is 0 Å². The number of piperazine rings is 1. The lowest BCUT2D eigenvalue weighted by Gasteiger charge is -2.32. The maximum Gasteiger partial charge on any atom is 0.241 e. The molecule has 6 nitrogen and oxygen atoms in total. The molecule has 0 bridgehead atoms. The Kier molecular flexibility index (Phi) is 4.19. The number of nitrogens with one attached hydrogen (secondary N) is 1. The molecule has 1 saturated heterocycles. The number of anilines is 2. The molecule has 0 saturated carbocycles. The molecule has 0 unspecified atom stereocenters. The first kappa shape index (κ1) is 13.6. The molecule has 1 fully saturated rings. The molecule has 1 aliphatic rings. The van der Waals surface area contributed by atoms with E-state index in [1.165, 1.54) is 0 Å². The zero-order chi connectivity index (χ0) is 13.8. The predicted molar refractivity (Wildman–Crippen MR) is 75.4 cm³/mol. The molecule has 0 radical (unpaired) electrons. The van der Waals surface area contributed by atoms with Crippen LogP contribution in [0.5, 0.6) is 0 Å². The van der Waals surface area contributed by atoms with Crippen molar-refractivity contribution >= 4 is 17.5 Å². The molecule has 1 aromatic rings. The Morgan fingerprint density at radius 1 is 1.37 bits per heavy atom. The number of nitrogens with zero attached hydrogens (tertiary/aromatic N) is 4. The summed E-state index contributed by atoms with van der Waals surface area (Å²) in [6.07, 6.45) is 1.05. The molecule has 0 aromatic carbocycles. The van der Waals surface area contributed by atoms with E-state index in [2.05, 4.69) is 22.2 Å². The van der Waals surface area contributed by atoms with Crippen molar-refractivity contribution in [2.24, 2.45) is 0 Å². The average molecular weight is 263 g/mol. The van der Waals surface area contributed by atoms with Gasteiger partial charge in [0, 0.05) is 32.7 Å². The van der Waals surface area contributed by atoms with E-state index in [9.17, 15) is 4.79 Å². The summed E-state index contributed by atoms with van der Waals surface area (Å²) < 4.78 is 0. The lowest BCUT2D eigenvalue weighted by Crippen LogP contribution is -2.48. The maximum atomic E-state index is 11.7. The number of carbonyl (C=O) groups excluding carboxylic acids is 1. The van der Waals surface area contributed by atoms with Gasteiger partial charge in [-0.15, -0.1) is 0 Å². The van der Waals surface area contributed by atoms with E-state index in [0.717, 1.165) is 43.5 Å². The van der Waals surface area contributed by atoms with Gasteiger partial charge in [0.2, 0.25) is 5.91 Å². The van der Waals surface area contributed by atoms with Crippen LogP contribution in [0.1, 0.15) is 19.2 Å². The monoisotopic (exact) mass is 263 g/mol. The van der Waals surface area contributed by atoms with Gasteiger partial charge in [-0.25, -0.2) is 9.97 Å². The van der Waals surface area contributed by atoms with Crippen molar-refractivity contribution in [3.8, 4) is 0 Å². The van der Waals surface area contributed by atoms with Crippen LogP contribution in [0.4, 0.5) is 11.6 Å². The van der Waals surface area contributed by atoms with Crippen molar-refractivity contribution in [3.63, 3.8) is 0 Å². The third-order valence-corrected chi connectivity index (χ3v) is 3.16. The van der Waals surface area contributed by atoms with E-state index in [1.54, 1.807) is 4.90 Å². The Labute approximate surface area is 113 Å². The number of aryl methyl sites for hydroxylation is 1. The molecule has 1 aromatic heterocycles. The first-order valence-corrected chi connectivity index (χ1v) is 6.68. The van der Waals surface area contributed by atoms with Gasteiger partial charge in [-0.05, 0) is 13.3 Å². The maximum absolute atomic E-state index is 11.7. The summed E-state index contributed by atoms with van der Waals surface area (Å²) in [6, 6.07) is 1.92. The van der Waals surface area contributed by atoms with Gasteiger partial charge in [-0.1, -0.05) is 6.92 Å². The van der Waals surface area contributed by atoms with Crippen LogP contribution in [0.25, 0.3) is 0 Å². The number of aromatic nitrogens is 2. The van der Waals surface area contributed by atoms with E-state index in [-0.39, 0.29) is 5.91 Å². The number of carbonyl (C=O) groups is 1. The average Bonchev–Trinajstić information content (AvgIpc) is 2.39. The van der Waals surface area contributed by atoms with Gasteiger partial charge in [0.25, 0.3) is 0 Å². The standard InChI is InChI=1S/C13H21N5O/c1-4-5-14-11-8-12(16-10(2)15-11)18-7-6-17(3)13(19)9-18/h8H,4-7,9H2,1-3H3,(H,14,15,16). The fraction of sp³-hybridized carbons (Fsp3) is 0.615. The second-order valence-corrected chi connectivity index (χ2v) is 4.82. The van der Waals surface area contributed by atoms with Crippen molar-refractivity contribution in [1.29, 1.82) is 0 Å². The third-order valence-electron chi connectivity index (χ3n) is 3.16. The molecule has 0 aliphatic carbocycles. The Balaban J connectivity index is 2.15. The largest absolute Gasteiger partial charge is 0.370 e. The van der Waals surface area contributed by atoms with Crippen LogP contribution >= 0.6 is 0 Å². The van der Waals surface area contributed by atoms with Crippen LogP contribution in [0.15, 0.2) is 6.07 Å². The summed E-state index contributed by atoms with van der Waals surface area (Å²) >= 11 is 0. The highest BCUT2D eigenvalue weighted by Gasteiger charge is 2.22. The molecule has 1 N–H and O–H groups in total. The molecule has 19 heavy (non-hydrogen) atoms. The molecule has 1 aliphatic heterocycles. The number of amides is 1. The van der Waals surface area contributed by atoms with Crippen LogP contribution in [-0.2, 0) is 4.79 Å². The smallest absolute Gasteiger partial charge is 0.241 e. The summed E-state index contributed by atoms with van der Waals surface area (Å²) in [6.45, 7) is 6.81. The first-order valence-electron chi connectivity index (χ1n) is 6.68. The summed E-state index contributed by atoms with van der Waals surface area (Å²) in [5.41, 5.74) is 0. The van der Waals surface area contributed by atoms with E-state index < -0.39 is 0 Å². The first-order chi connectivity index (χ1) is 9.10. The highest BCUT2D eigenvalue weighted by Crippen LogP contribution is 2.17. The second kappa shape index (κ2) is 5.86. The molecule has 104 valence electrons. The fourth-order valence-corrected chi connectivity index (χ4v) is 2.01. The zero-order valence-electron chi connectivity index (χ0n) is 11.8. The normalized spacial score (nSPS) is 15.8. The lowest BCUT2D eigenvalue weighted by atomic mass is 10.3. The third kappa shape index (κ3) is 3.33. The van der Waals surface area contributed by atoms with Crippen LogP contribution in [0.2, 0.25) is 0 Å². The predicted octanol–water partition coefficient (Wildman–Crippen LogP) is 0.885. The van der Waals surface area contributed by atoms with E-state index in [1.807, 2.05) is 24.9 Å². The van der Waals surface area contributed by atoms with E-state index in [0.29, 0.717) is 6.54 Å². The highest BCUT2D eigenvalue weighted by molar-refractivity contribution is 5.82. The zero-order valence-corrected chi connectivity index (χ0v) is 11.8. The van der Waals surface area contributed by atoms with Gasteiger partial charge in [0.1, 0.15) is 17.5 Å². The summed E-state index contributed by atoms with van der Waals surface area (Å²) in [5.74, 6) is 2.51. The SMILES string of the molecule is CCCNc1cc(N2CCN(C)C(=O)C2)nc(C)n1. The van der Waals surface area contributed by atoms with Crippen molar-refractivity contribution in [2.45, 2.75) is 20.3 Å². The minimum absolute atomic E-state index is 0.130. The number of rotatable bonds is 4. The molecular formula is C13H21N5O. The van der Waals surface area contributed by atoms with Gasteiger partial charge in [0.15, 0.2) is 0 Å². The molecule has 1 amide bonds. The van der Waals surface area contributed by atoms with Gasteiger partial charge in [-0.3, -0.25) is 4.79 Å². The Morgan fingerprint density at radius 2 is 2.16 bits per heavy atom. The second-order valence-electron chi connectivity index (χ2n) is 4.82. The van der Waals surface area contributed by atoms with Crippen LogP contribution in [0.3, 0.4) is 0 Å². The van der Waals surface area contributed by atoms with Crippen molar-refractivity contribution in [3.05, 3.63) is 11.9 Å². The van der Waals surface area contributed by atoms with Gasteiger partial charge in [0.05, 0.1) is 6.54 Å². The van der Waals surface area contributed by atoms with Crippen molar-refractivity contribution in [2.75, 3.05) is 43.4 Å². The summed E-state index contributed by atoms with van der Waals surface area (Å²) in [5, 5.41) is 3.26. The number of hydrogen-bond donors (Lipinski definition) is 1. The van der Waals surface area contributed by atoms with Gasteiger partial charge in [-0.2, -0.15) is 0 Å². The Morgan fingerprint density at radius 3 is 2.84 bits per heavy atom. The Bertz CT molecular complexity index is 462. The minimum atomic E-state index is 0.130. The van der Waals surface area contributed by atoms with E-state index >= 15 is 0 Å². The van der Waals surface area contributed by atoms with Gasteiger partial charge < -0.3 is 15.1 Å². The summed E-state index contributed by atoms with van der Waals surface area (Å²) in [4.78, 5) is 24.3. The fourth-order valence-electron chi connectivity index (χ4n) is 2.01. The molecule has 0 spiro atoms. The molecule has 2 rings (SSSR count). The summed E-state index contributed by atoms with van der Waals surface area (Å²) in [7, 11) is 1.83.